The van der Waals surface area contributed by atoms with Crippen LogP contribution < -0.4 is 14.9 Å². The normalized spacial score (nSPS) is 11.0. The van der Waals surface area contributed by atoms with Crippen molar-refractivity contribution in [3.05, 3.63) is 81.3 Å². The minimum Gasteiger partial charge on any atom is -0.496 e. The van der Waals surface area contributed by atoms with E-state index in [-0.39, 0.29) is 5.91 Å². The molecule has 7 heteroatoms. The number of carbonyl (C=O) groups is 1. The number of rotatable bonds is 7. The van der Waals surface area contributed by atoms with Crippen LogP contribution in [0, 0.1) is 20.8 Å². The van der Waals surface area contributed by atoms with E-state index < -0.39 is 0 Å². The van der Waals surface area contributed by atoms with Crippen LogP contribution in [0.2, 0.25) is 5.02 Å². The predicted octanol–water partition coefficient (Wildman–Crippen LogP) is 5.21. The molecule has 0 bridgehead atoms. The van der Waals surface area contributed by atoms with Gasteiger partial charge in [0.15, 0.2) is 0 Å². The van der Waals surface area contributed by atoms with E-state index in [9.17, 15) is 4.79 Å². The van der Waals surface area contributed by atoms with Crippen LogP contribution in [0.5, 0.6) is 11.5 Å². The number of furan rings is 1. The Hall–Kier alpha value is -3.25. The summed E-state index contributed by atoms with van der Waals surface area (Å²) < 4.78 is 16.5. The fourth-order valence-corrected chi connectivity index (χ4v) is 3.10. The molecule has 2 aromatic carbocycles. The third-order valence-electron chi connectivity index (χ3n) is 4.59. The number of carbonyl (C=O) groups excluding carboxylic acids is 1. The van der Waals surface area contributed by atoms with Gasteiger partial charge in [-0.05, 0) is 73.9 Å². The van der Waals surface area contributed by atoms with Crippen LogP contribution in [0.15, 0.2) is 52.2 Å². The van der Waals surface area contributed by atoms with Crippen molar-refractivity contribution in [2.75, 3.05) is 7.11 Å². The van der Waals surface area contributed by atoms with E-state index in [1.807, 2.05) is 44.2 Å². The standard InChI is InChI=1S/C23H23ClN2O4/c1-14-9-19(10-15(2)22(14)24)30-13-18-11-17(5-6-21(18)28-4)12-25-26-23(27)20-7-8-29-16(20)3/h5-12H,13H2,1-4H3,(H,26,27). The van der Waals surface area contributed by atoms with Crippen molar-refractivity contribution in [1.82, 2.24) is 5.43 Å². The summed E-state index contributed by atoms with van der Waals surface area (Å²) in [5.41, 5.74) is 6.51. The van der Waals surface area contributed by atoms with Gasteiger partial charge in [-0.25, -0.2) is 5.43 Å². The average Bonchev–Trinajstić information content (AvgIpc) is 3.16. The molecule has 3 aromatic rings. The molecule has 0 saturated carbocycles. The summed E-state index contributed by atoms with van der Waals surface area (Å²) in [6.45, 7) is 5.92. The van der Waals surface area contributed by atoms with Gasteiger partial charge >= 0.3 is 0 Å². The highest BCUT2D eigenvalue weighted by Gasteiger charge is 2.10. The molecule has 0 aliphatic carbocycles. The Bertz CT molecular complexity index is 1070. The van der Waals surface area contributed by atoms with E-state index in [0.717, 1.165) is 33.0 Å². The van der Waals surface area contributed by atoms with E-state index in [1.165, 1.54) is 6.26 Å². The number of aryl methyl sites for hydroxylation is 3. The van der Waals surface area contributed by atoms with E-state index in [2.05, 4.69) is 10.5 Å². The number of benzene rings is 2. The Labute approximate surface area is 180 Å². The van der Waals surface area contributed by atoms with Gasteiger partial charge in [0.1, 0.15) is 23.9 Å². The minimum absolute atomic E-state index is 0.311. The van der Waals surface area contributed by atoms with Crippen molar-refractivity contribution in [1.29, 1.82) is 0 Å². The minimum atomic E-state index is -0.331. The summed E-state index contributed by atoms with van der Waals surface area (Å²) in [5.74, 6) is 1.65. The molecule has 1 aromatic heterocycles. The monoisotopic (exact) mass is 426 g/mol. The zero-order valence-electron chi connectivity index (χ0n) is 17.3. The SMILES string of the molecule is COc1ccc(C=NNC(=O)c2ccoc2C)cc1COc1cc(C)c(Cl)c(C)c1. The van der Waals surface area contributed by atoms with Gasteiger partial charge < -0.3 is 13.9 Å². The van der Waals surface area contributed by atoms with Gasteiger partial charge in [-0.3, -0.25) is 4.79 Å². The third kappa shape index (κ3) is 5.02. The van der Waals surface area contributed by atoms with Gasteiger partial charge in [0.05, 0.1) is 25.2 Å². The van der Waals surface area contributed by atoms with Crippen molar-refractivity contribution < 1.29 is 18.7 Å². The molecule has 6 nitrogen and oxygen atoms in total. The van der Waals surface area contributed by atoms with Crippen LogP contribution in [0.3, 0.4) is 0 Å². The van der Waals surface area contributed by atoms with Crippen LogP contribution in [-0.2, 0) is 6.61 Å². The quantitative estimate of drug-likeness (QED) is 0.415. The molecule has 30 heavy (non-hydrogen) atoms. The Morgan fingerprint density at radius 1 is 1.17 bits per heavy atom. The molecular formula is C23H23ClN2O4. The van der Waals surface area contributed by atoms with Crippen LogP contribution in [0.1, 0.15) is 38.4 Å². The van der Waals surface area contributed by atoms with Gasteiger partial charge in [0.25, 0.3) is 5.91 Å². The summed E-state index contributed by atoms with van der Waals surface area (Å²) >= 11 is 6.22. The largest absolute Gasteiger partial charge is 0.496 e. The number of ether oxygens (including phenoxy) is 2. The highest BCUT2D eigenvalue weighted by Crippen LogP contribution is 2.27. The van der Waals surface area contributed by atoms with Gasteiger partial charge in [-0.2, -0.15) is 5.10 Å². The Morgan fingerprint density at radius 3 is 2.53 bits per heavy atom. The zero-order chi connectivity index (χ0) is 21.7. The molecule has 0 fully saturated rings. The predicted molar refractivity (Wildman–Crippen MR) is 117 cm³/mol. The maximum Gasteiger partial charge on any atom is 0.274 e. The van der Waals surface area contributed by atoms with Gasteiger partial charge in [0, 0.05) is 10.6 Å². The molecule has 3 rings (SSSR count). The zero-order valence-corrected chi connectivity index (χ0v) is 18.0. The number of hydrogen-bond donors (Lipinski definition) is 1. The first-order valence-electron chi connectivity index (χ1n) is 9.33. The van der Waals surface area contributed by atoms with Crippen LogP contribution >= 0.6 is 11.6 Å². The van der Waals surface area contributed by atoms with Gasteiger partial charge in [0.2, 0.25) is 0 Å². The van der Waals surface area contributed by atoms with E-state index in [1.54, 1.807) is 26.3 Å². The molecule has 156 valence electrons. The Morgan fingerprint density at radius 2 is 1.90 bits per heavy atom. The molecular weight excluding hydrogens is 404 g/mol. The second kappa shape index (κ2) is 9.50. The molecule has 0 radical (unpaired) electrons. The van der Waals surface area contributed by atoms with Gasteiger partial charge in [-0.1, -0.05) is 11.6 Å². The molecule has 0 saturated heterocycles. The fraction of sp³-hybridized carbons (Fsp3) is 0.217. The average molecular weight is 427 g/mol. The molecule has 0 atom stereocenters. The first-order valence-corrected chi connectivity index (χ1v) is 9.70. The number of methoxy groups -OCH3 is 1. The molecule has 0 spiro atoms. The highest BCUT2D eigenvalue weighted by molar-refractivity contribution is 6.32. The van der Waals surface area contributed by atoms with E-state index >= 15 is 0 Å². The van der Waals surface area contributed by atoms with Crippen molar-refractivity contribution in [2.24, 2.45) is 5.10 Å². The van der Waals surface area contributed by atoms with Crippen LogP contribution in [-0.4, -0.2) is 19.2 Å². The Balaban J connectivity index is 1.70. The number of nitrogens with zero attached hydrogens (tertiary/aromatic N) is 1. The molecule has 1 N–H and O–H groups in total. The lowest BCUT2D eigenvalue weighted by molar-refractivity contribution is 0.0953. The number of hydrogen-bond acceptors (Lipinski definition) is 5. The fourth-order valence-electron chi connectivity index (χ4n) is 2.99. The lowest BCUT2D eigenvalue weighted by atomic mass is 10.1. The lowest BCUT2D eigenvalue weighted by Crippen LogP contribution is -2.17. The maximum absolute atomic E-state index is 12.1. The summed E-state index contributed by atoms with van der Waals surface area (Å²) in [6.07, 6.45) is 3.03. The summed E-state index contributed by atoms with van der Waals surface area (Å²) in [7, 11) is 1.61. The number of amides is 1. The van der Waals surface area contributed by atoms with E-state index in [4.69, 9.17) is 25.5 Å². The molecule has 0 unspecified atom stereocenters. The first-order chi connectivity index (χ1) is 14.4. The number of hydrazone groups is 1. The topological polar surface area (TPSA) is 73.1 Å². The maximum atomic E-state index is 12.1. The van der Waals surface area contributed by atoms with Crippen LogP contribution in [0.25, 0.3) is 0 Å². The van der Waals surface area contributed by atoms with Crippen molar-refractivity contribution >= 4 is 23.7 Å². The summed E-state index contributed by atoms with van der Waals surface area (Å²) in [6, 6.07) is 11.0. The van der Waals surface area contributed by atoms with Crippen molar-refractivity contribution in [3.8, 4) is 11.5 Å². The molecule has 0 aliphatic heterocycles. The second-order valence-corrected chi connectivity index (χ2v) is 7.20. The van der Waals surface area contributed by atoms with E-state index in [0.29, 0.717) is 23.7 Å². The molecule has 1 heterocycles. The number of nitrogens with one attached hydrogen (secondary N) is 1. The van der Waals surface area contributed by atoms with Crippen LogP contribution in [0.4, 0.5) is 0 Å². The Kier molecular flexibility index (Phi) is 6.79. The molecule has 1 amide bonds. The van der Waals surface area contributed by atoms with Gasteiger partial charge in [-0.15, -0.1) is 0 Å². The number of halogens is 1. The second-order valence-electron chi connectivity index (χ2n) is 6.82. The smallest absolute Gasteiger partial charge is 0.274 e. The third-order valence-corrected chi connectivity index (χ3v) is 5.19. The summed E-state index contributed by atoms with van der Waals surface area (Å²) in [5, 5.41) is 4.77. The summed E-state index contributed by atoms with van der Waals surface area (Å²) in [4.78, 5) is 12.1. The first kappa shape index (κ1) is 21.5. The van der Waals surface area contributed by atoms with Crippen molar-refractivity contribution in [2.45, 2.75) is 27.4 Å². The van der Waals surface area contributed by atoms with Crippen molar-refractivity contribution in [3.63, 3.8) is 0 Å². The molecule has 0 aliphatic rings. The highest BCUT2D eigenvalue weighted by atomic mass is 35.5. The lowest BCUT2D eigenvalue weighted by Gasteiger charge is -2.13.